The zero-order chi connectivity index (χ0) is 13.4. The van der Waals surface area contributed by atoms with Gasteiger partial charge in [-0.05, 0) is 63.7 Å². The molecule has 3 unspecified atom stereocenters. The molecule has 1 aromatic rings. The third kappa shape index (κ3) is 2.44. The van der Waals surface area contributed by atoms with E-state index in [2.05, 4.69) is 55.5 Å². The first-order valence-electron chi connectivity index (χ1n) is 7.69. The van der Waals surface area contributed by atoms with E-state index in [9.17, 15) is 0 Å². The van der Waals surface area contributed by atoms with Crippen molar-refractivity contribution in [1.29, 1.82) is 0 Å². The molecule has 104 valence electrons. The van der Waals surface area contributed by atoms with Gasteiger partial charge in [0.2, 0.25) is 0 Å². The van der Waals surface area contributed by atoms with Gasteiger partial charge in [-0.1, -0.05) is 24.3 Å². The average Bonchev–Trinajstić information content (AvgIpc) is 3.29. The van der Waals surface area contributed by atoms with Crippen LogP contribution in [0.2, 0.25) is 0 Å². The molecule has 3 atom stereocenters. The van der Waals surface area contributed by atoms with Gasteiger partial charge in [0, 0.05) is 18.1 Å². The lowest BCUT2D eigenvalue weighted by molar-refractivity contribution is 0.122. The molecule has 0 spiro atoms. The SMILES string of the molecule is CNC1c2ccccc2CCC1N(C)C(C)C1CC1. The Bertz CT molecular complexity index is 439. The number of hydrogen-bond acceptors (Lipinski definition) is 2. The zero-order valence-corrected chi connectivity index (χ0v) is 12.4. The maximum absolute atomic E-state index is 3.56. The molecule has 0 aliphatic heterocycles. The molecule has 1 fully saturated rings. The summed E-state index contributed by atoms with van der Waals surface area (Å²) in [4.78, 5) is 2.63. The molecule has 2 aliphatic carbocycles. The van der Waals surface area contributed by atoms with Crippen LogP contribution in [0.15, 0.2) is 24.3 Å². The molecule has 0 bridgehead atoms. The van der Waals surface area contributed by atoms with Gasteiger partial charge in [0.25, 0.3) is 0 Å². The van der Waals surface area contributed by atoms with Crippen molar-refractivity contribution in [3.63, 3.8) is 0 Å². The highest BCUT2D eigenvalue weighted by molar-refractivity contribution is 5.34. The number of benzene rings is 1. The largest absolute Gasteiger partial charge is 0.312 e. The molecular formula is C17H26N2. The van der Waals surface area contributed by atoms with E-state index in [0.717, 1.165) is 12.0 Å². The van der Waals surface area contributed by atoms with Crippen molar-refractivity contribution in [2.24, 2.45) is 5.92 Å². The normalized spacial score (nSPS) is 28.2. The van der Waals surface area contributed by atoms with Crippen LogP contribution in [0, 0.1) is 5.92 Å². The van der Waals surface area contributed by atoms with E-state index in [0.29, 0.717) is 12.1 Å². The van der Waals surface area contributed by atoms with E-state index in [1.54, 1.807) is 0 Å². The lowest BCUT2D eigenvalue weighted by Crippen LogP contribution is -2.48. The Morgan fingerprint density at radius 1 is 1.21 bits per heavy atom. The summed E-state index contributed by atoms with van der Waals surface area (Å²) in [6, 6.07) is 10.8. The van der Waals surface area contributed by atoms with E-state index < -0.39 is 0 Å². The number of hydrogen-bond donors (Lipinski definition) is 1. The molecule has 0 aromatic heterocycles. The summed E-state index contributed by atoms with van der Waals surface area (Å²) in [5.41, 5.74) is 3.04. The van der Waals surface area contributed by atoms with E-state index in [-0.39, 0.29) is 0 Å². The number of likely N-dealkylation sites (N-methyl/N-ethyl adjacent to an activating group) is 2. The van der Waals surface area contributed by atoms with Crippen LogP contribution in [0.1, 0.15) is 43.4 Å². The topological polar surface area (TPSA) is 15.3 Å². The van der Waals surface area contributed by atoms with Gasteiger partial charge in [-0.2, -0.15) is 0 Å². The standard InChI is InChI=1S/C17H26N2/c1-12(13-8-9-13)19(3)16-11-10-14-6-4-5-7-15(14)17(16)18-2/h4-7,12-13,16-18H,8-11H2,1-3H3. The van der Waals surface area contributed by atoms with Crippen LogP contribution in [0.5, 0.6) is 0 Å². The third-order valence-electron chi connectivity index (χ3n) is 5.27. The van der Waals surface area contributed by atoms with Gasteiger partial charge in [-0.3, -0.25) is 4.90 Å². The highest BCUT2D eigenvalue weighted by atomic mass is 15.2. The zero-order valence-electron chi connectivity index (χ0n) is 12.4. The van der Waals surface area contributed by atoms with Crippen molar-refractivity contribution in [1.82, 2.24) is 10.2 Å². The van der Waals surface area contributed by atoms with Crippen LogP contribution in [0.4, 0.5) is 0 Å². The molecule has 0 radical (unpaired) electrons. The van der Waals surface area contributed by atoms with E-state index in [1.165, 1.54) is 36.8 Å². The molecule has 1 aromatic carbocycles. The van der Waals surface area contributed by atoms with E-state index in [4.69, 9.17) is 0 Å². The molecule has 0 amide bonds. The fourth-order valence-electron chi connectivity index (χ4n) is 3.74. The van der Waals surface area contributed by atoms with Gasteiger partial charge in [-0.15, -0.1) is 0 Å². The van der Waals surface area contributed by atoms with Gasteiger partial charge < -0.3 is 5.32 Å². The van der Waals surface area contributed by atoms with Crippen LogP contribution in [0.3, 0.4) is 0 Å². The predicted octanol–water partition coefficient (Wildman–Crippen LogP) is 2.99. The number of nitrogens with zero attached hydrogens (tertiary/aromatic N) is 1. The number of aryl methyl sites for hydroxylation is 1. The van der Waals surface area contributed by atoms with Gasteiger partial charge in [0.05, 0.1) is 0 Å². The van der Waals surface area contributed by atoms with Crippen LogP contribution in [-0.2, 0) is 6.42 Å². The lowest BCUT2D eigenvalue weighted by atomic mass is 9.83. The van der Waals surface area contributed by atoms with E-state index >= 15 is 0 Å². The first-order valence-corrected chi connectivity index (χ1v) is 7.69. The Hall–Kier alpha value is -0.860. The maximum atomic E-state index is 3.56. The van der Waals surface area contributed by atoms with Gasteiger partial charge in [0.15, 0.2) is 0 Å². The fraction of sp³-hybridized carbons (Fsp3) is 0.647. The maximum Gasteiger partial charge on any atom is 0.0478 e. The van der Waals surface area contributed by atoms with Crippen molar-refractivity contribution in [2.75, 3.05) is 14.1 Å². The molecular weight excluding hydrogens is 232 g/mol. The van der Waals surface area contributed by atoms with Crippen molar-refractivity contribution in [3.05, 3.63) is 35.4 Å². The summed E-state index contributed by atoms with van der Waals surface area (Å²) in [7, 11) is 4.43. The Balaban J connectivity index is 1.83. The Morgan fingerprint density at radius 2 is 1.95 bits per heavy atom. The second-order valence-corrected chi connectivity index (χ2v) is 6.31. The van der Waals surface area contributed by atoms with Gasteiger partial charge >= 0.3 is 0 Å². The summed E-state index contributed by atoms with van der Waals surface area (Å²) < 4.78 is 0. The van der Waals surface area contributed by atoms with Gasteiger partial charge in [0.1, 0.15) is 0 Å². The fourth-order valence-corrected chi connectivity index (χ4v) is 3.74. The summed E-state index contributed by atoms with van der Waals surface area (Å²) in [6.45, 7) is 2.41. The third-order valence-corrected chi connectivity index (χ3v) is 5.27. The van der Waals surface area contributed by atoms with Crippen LogP contribution >= 0.6 is 0 Å². The second kappa shape index (κ2) is 5.26. The number of nitrogens with one attached hydrogen (secondary N) is 1. The van der Waals surface area contributed by atoms with Gasteiger partial charge in [-0.25, -0.2) is 0 Å². The smallest absolute Gasteiger partial charge is 0.0478 e. The van der Waals surface area contributed by atoms with Crippen molar-refractivity contribution >= 4 is 0 Å². The molecule has 2 heteroatoms. The van der Waals surface area contributed by atoms with Crippen molar-refractivity contribution in [3.8, 4) is 0 Å². The molecule has 1 saturated carbocycles. The molecule has 2 aliphatic rings. The molecule has 3 rings (SSSR count). The molecule has 0 saturated heterocycles. The van der Waals surface area contributed by atoms with Crippen LogP contribution in [-0.4, -0.2) is 31.1 Å². The minimum atomic E-state index is 0.483. The van der Waals surface area contributed by atoms with Crippen molar-refractivity contribution < 1.29 is 0 Å². The first kappa shape index (κ1) is 13.1. The molecule has 1 N–H and O–H groups in total. The molecule has 19 heavy (non-hydrogen) atoms. The first-order chi connectivity index (χ1) is 9.22. The predicted molar refractivity (Wildman–Crippen MR) is 80.3 cm³/mol. The summed E-state index contributed by atoms with van der Waals surface area (Å²) in [5.74, 6) is 0.944. The average molecular weight is 258 g/mol. The molecule has 0 heterocycles. The Kier molecular flexibility index (Phi) is 3.64. The van der Waals surface area contributed by atoms with Crippen LogP contribution in [0.25, 0.3) is 0 Å². The van der Waals surface area contributed by atoms with Crippen molar-refractivity contribution in [2.45, 2.75) is 50.7 Å². The highest BCUT2D eigenvalue weighted by Gasteiger charge is 2.37. The summed E-state index contributed by atoms with van der Waals surface area (Å²) >= 11 is 0. The second-order valence-electron chi connectivity index (χ2n) is 6.31. The summed E-state index contributed by atoms with van der Waals surface area (Å²) in [6.07, 6.45) is 5.36. The minimum Gasteiger partial charge on any atom is -0.312 e. The van der Waals surface area contributed by atoms with E-state index in [1.807, 2.05) is 0 Å². The molecule has 2 nitrogen and oxygen atoms in total. The lowest BCUT2D eigenvalue weighted by Gasteiger charge is -2.42. The number of rotatable bonds is 4. The minimum absolute atomic E-state index is 0.483. The summed E-state index contributed by atoms with van der Waals surface area (Å²) in [5, 5.41) is 3.56. The highest BCUT2D eigenvalue weighted by Crippen LogP contribution is 2.39. The Labute approximate surface area is 117 Å². The quantitative estimate of drug-likeness (QED) is 0.893. The Morgan fingerprint density at radius 3 is 2.63 bits per heavy atom. The van der Waals surface area contributed by atoms with Crippen LogP contribution < -0.4 is 5.32 Å². The monoisotopic (exact) mass is 258 g/mol. The number of fused-ring (bicyclic) bond motifs is 1.